The summed E-state index contributed by atoms with van der Waals surface area (Å²) in [6.45, 7) is 23.5. The molecule has 0 N–H and O–H groups in total. The van der Waals surface area contributed by atoms with Gasteiger partial charge in [-0.15, -0.1) is 0 Å². The zero-order valence-corrected chi connectivity index (χ0v) is 24.0. The molecule has 0 saturated heterocycles. The standard InChI is InChI=1S/C32H56O/c1-22(2)14-11-15-24(5)16-12-17-25(6)18-13-20-32(10)21-19-29-28(9)30(23(3)4)26(7)27(8)31(29)33-32/h22-25H,11-21H2,1-10H3/t24-,25-,32-/m1/s1. The van der Waals surface area contributed by atoms with Crippen LogP contribution >= 0.6 is 0 Å². The molecule has 0 unspecified atom stereocenters. The maximum Gasteiger partial charge on any atom is 0.126 e. The van der Waals surface area contributed by atoms with E-state index in [0.717, 1.165) is 24.2 Å². The average molecular weight is 457 g/mol. The SMILES string of the molecule is Cc1c(C)c(C(C)C)c(C)c2c1O[C@](C)(CCC[C@H](C)CCC[C@H](C)CCCC(C)C)CC2. The normalized spacial score (nSPS) is 20.1. The molecule has 0 aliphatic carbocycles. The predicted molar refractivity (Wildman–Crippen MR) is 147 cm³/mol. The summed E-state index contributed by atoms with van der Waals surface area (Å²) < 4.78 is 6.80. The topological polar surface area (TPSA) is 9.23 Å². The largest absolute Gasteiger partial charge is 0.487 e. The van der Waals surface area contributed by atoms with E-state index in [1.807, 2.05) is 0 Å². The van der Waals surface area contributed by atoms with Gasteiger partial charge >= 0.3 is 0 Å². The monoisotopic (exact) mass is 456 g/mol. The summed E-state index contributed by atoms with van der Waals surface area (Å²) in [6.07, 6.45) is 14.6. The second-order valence-electron chi connectivity index (χ2n) is 12.7. The number of ether oxygens (including phenoxy) is 1. The second-order valence-corrected chi connectivity index (χ2v) is 12.7. The Balaban J connectivity index is 1.80. The van der Waals surface area contributed by atoms with Crippen LogP contribution in [0, 0.1) is 38.5 Å². The Bertz CT molecular complexity index is 744. The molecule has 0 amide bonds. The zero-order chi connectivity index (χ0) is 24.8. The van der Waals surface area contributed by atoms with Crippen molar-refractivity contribution < 1.29 is 4.74 Å². The van der Waals surface area contributed by atoms with E-state index in [1.165, 1.54) is 92.2 Å². The Hall–Kier alpha value is -0.980. The van der Waals surface area contributed by atoms with Crippen LogP contribution in [0.15, 0.2) is 0 Å². The van der Waals surface area contributed by atoms with Crippen molar-refractivity contribution in [3.8, 4) is 5.75 Å². The molecule has 1 aliphatic heterocycles. The fraction of sp³-hybridized carbons (Fsp3) is 0.812. The molecule has 3 atom stereocenters. The van der Waals surface area contributed by atoms with E-state index >= 15 is 0 Å². The summed E-state index contributed by atoms with van der Waals surface area (Å²) in [5, 5.41) is 0. The number of hydrogen-bond acceptors (Lipinski definition) is 1. The lowest BCUT2D eigenvalue weighted by atomic mass is 9.80. The molecule has 1 heterocycles. The minimum Gasteiger partial charge on any atom is -0.487 e. The van der Waals surface area contributed by atoms with Crippen LogP contribution in [-0.4, -0.2) is 5.60 Å². The molecular weight excluding hydrogens is 400 g/mol. The minimum atomic E-state index is 0.000631. The van der Waals surface area contributed by atoms with Crippen LogP contribution in [0.5, 0.6) is 5.75 Å². The number of hydrogen-bond donors (Lipinski definition) is 0. The third kappa shape index (κ3) is 8.03. The van der Waals surface area contributed by atoms with Crippen molar-refractivity contribution in [2.24, 2.45) is 17.8 Å². The second kappa shape index (κ2) is 12.6. The first-order chi connectivity index (χ1) is 15.4. The molecule has 0 fully saturated rings. The summed E-state index contributed by atoms with van der Waals surface area (Å²) in [6, 6.07) is 0. The van der Waals surface area contributed by atoms with E-state index < -0.39 is 0 Å². The van der Waals surface area contributed by atoms with Gasteiger partial charge in [0, 0.05) is 0 Å². The Morgan fingerprint density at radius 2 is 1.27 bits per heavy atom. The molecule has 0 spiro atoms. The van der Waals surface area contributed by atoms with E-state index in [9.17, 15) is 0 Å². The highest BCUT2D eigenvalue weighted by Gasteiger charge is 2.34. The van der Waals surface area contributed by atoms with Crippen LogP contribution in [-0.2, 0) is 6.42 Å². The first-order valence-corrected chi connectivity index (χ1v) is 14.3. The summed E-state index contributed by atoms with van der Waals surface area (Å²) in [5.41, 5.74) is 7.33. The molecule has 0 radical (unpaired) electrons. The van der Waals surface area contributed by atoms with Crippen LogP contribution in [0.3, 0.4) is 0 Å². The van der Waals surface area contributed by atoms with Gasteiger partial charge in [-0.1, -0.05) is 86.5 Å². The van der Waals surface area contributed by atoms with Crippen LogP contribution in [0.4, 0.5) is 0 Å². The molecule has 1 nitrogen and oxygen atoms in total. The van der Waals surface area contributed by atoms with Crippen molar-refractivity contribution in [2.45, 2.75) is 151 Å². The lowest BCUT2D eigenvalue weighted by Crippen LogP contribution is -2.37. The van der Waals surface area contributed by atoms with Crippen molar-refractivity contribution in [1.82, 2.24) is 0 Å². The highest BCUT2D eigenvalue weighted by molar-refractivity contribution is 5.56. The maximum atomic E-state index is 6.80. The molecule has 0 saturated carbocycles. The first kappa shape index (κ1) is 28.3. The van der Waals surface area contributed by atoms with Gasteiger partial charge in [-0.05, 0) is 105 Å². The Labute approximate surface area is 207 Å². The highest BCUT2D eigenvalue weighted by atomic mass is 16.5. The van der Waals surface area contributed by atoms with Crippen molar-refractivity contribution >= 4 is 0 Å². The number of rotatable bonds is 13. The summed E-state index contributed by atoms with van der Waals surface area (Å²) in [7, 11) is 0. The summed E-state index contributed by atoms with van der Waals surface area (Å²) in [4.78, 5) is 0. The quantitative estimate of drug-likeness (QED) is 0.287. The molecule has 1 heteroatoms. The molecule has 0 bridgehead atoms. The van der Waals surface area contributed by atoms with Gasteiger partial charge in [-0.25, -0.2) is 0 Å². The van der Waals surface area contributed by atoms with Gasteiger partial charge < -0.3 is 4.74 Å². The molecule has 1 aromatic rings. The summed E-state index contributed by atoms with van der Waals surface area (Å²) in [5.74, 6) is 4.38. The van der Waals surface area contributed by atoms with Gasteiger partial charge in [-0.3, -0.25) is 0 Å². The van der Waals surface area contributed by atoms with Gasteiger partial charge in [0.15, 0.2) is 0 Å². The Kier molecular flexibility index (Phi) is 10.8. The van der Waals surface area contributed by atoms with Crippen LogP contribution in [0.25, 0.3) is 0 Å². The van der Waals surface area contributed by atoms with Crippen molar-refractivity contribution in [1.29, 1.82) is 0 Å². The zero-order valence-electron chi connectivity index (χ0n) is 24.0. The highest BCUT2D eigenvalue weighted by Crippen LogP contribution is 2.44. The molecule has 33 heavy (non-hydrogen) atoms. The molecule has 0 aromatic heterocycles. The van der Waals surface area contributed by atoms with Crippen LogP contribution < -0.4 is 4.74 Å². The van der Waals surface area contributed by atoms with E-state index in [4.69, 9.17) is 4.74 Å². The maximum absolute atomic E-state index is 6.80. The molecule has 1 aliphatic rings. The van der Waals surface area contributed by atoms with Crippen molar-refractivity contribution in [3.05, 3.63) is 27.8 Å². The van der Waals surface area contributed by atoms with Gasteiger partial charge in [0.25, 0.3) is 0 Å². The minimum absolute atomic E-state index is 0.000631. The van der Waals surface area contributed by atoms with Gasteiger partial charge in [0.2, 0.25) is 0 Å². The van der Waals surface area contributed by atoms with Gasteiger partial charge in [0.1, 0.15) is 11.4 Å². The van der Waals surface area contributed by atoms with Gasteiger partial charge in [0.05, 0.1) is 0 Å². The molecular formula is C32H56O. The Morgan fingerprint density at radius 1 is 0.727 bits per heavy atom. The lowest BCUT2D eigenvalue weighted by molar-refractivity contribution is 0.0513. The van der Waals surface area contributed by atoms with Crippen LogP contribution in [0.1, 0.15) is 146 Å². The Morgan fingerprint density at radius 3 is 1.82 bits per heavy atom. The predicted octanol–water partition coefficient (Wildman–Crippen LogP) is 10.3. The van der Waals surface area contributed by atoms with Crippen LogP contribution in [0.2, 0.25) is 0 Å². The van der Waals surface area contributed by atoms with E-state index in [2.05, 4.69) is 69.2 Å². The summed E-state index contributed by atoms with van der Waals surface area (Å²) >= 11 is 0. The first-order valence-electron chi connectivity index (χ1n) is 14.3. The number of fused-ring (bicyclic) bond motifs is 1. The lowest BCUT2D eigenvalue weighted by Gasteiger charge is -2.39. The molecule has 190 valence electrons. The van der Waals surface area contributed by atoms with Gasteiger partial charge in [-0.2, -0.15) is 0 Å². The third-order valence-corrected chi connectivity index (χ3v) is 8.54. The van der Waals surface area contributed by atoms with E-state index in [-0.39, 0.29) is 5.60 Å². The average Bonchev–Trinajstić information content (AvgIpc) is 2.71. The fourth-order valence-electron chi connectivity index (χ4n) is 6.18. The number of benzene rings is 1. The van der Waals surface area contributed by atoms with Crippen molar-refractivity contribution in [2.75, 3.05) is 0 Å². The molecule has 2 rings (SSSR count). The smallest absolute Gasteiger partial charge is 0.126 e. The third-order valence-electron chi connectivity index (χ3n) is 8.54. The van der Waals surface area contributed by atoms with Crippen molar-refractivity contribution in [3.63, 3.8) is 0 Å². The fourth-order valence-corrected chi connectivity index (χ4v) is 6.18. The van der Waals surface area contributed by atoms with E-state index in [0.29, 0.717) is 5.92 Å². The molecule has 1 aromatic carbocycles. The van der Waals surface area contributed by atoms with E-state index in [1.54, 1.807) is 5.56 Å².